The summed E-state index contributed by atoms with van der Waals surface area (Å²) in [6.45, 7) is 20.8. The zero-order chi connectivity index (χ0) is 61.8. The van der Waals surface area contributed by atoms with E-state index in [1.165, 1.54) is 59.5 Å². The molecule has 0 saturated heterocycles. The fraction of sp³-hybridized carbons (Fsp3) is 0.143. The Morgan fingerprint density at radius 3 is 1.35 bits per heavy atom. The lowest BCUT2D eigenvalue weighted by Crippen LogP contribution is -2.64. The Hall–Kier alpha value is -9.68. The van der Waals surface area contributed by atoms with Crippen molar-refractivity contribution in [3.05, 3.63) is 265 Å². The minimum absolute atomic E-state index is 0.0806. The van der Waals surface area contributed by atoms with Gasteiger partial charge in [-0.25, -0.2) is 0 Å². The minimum atomic E-state index is -0.359. The first kappa shape index (κ1) is 55.4. The number of nitrogens with zero attached hydrogens (tertiary/aromatic N) is 2. The van der Waals surface area contributed by atoms with Crippen LogP contribution in [0.15, 0.2) is 263 Å². The van der Waals surface area contributed by atoms with Gasteiger partial charge in [0.05, 0.1) is 17.1 Å². The predicted octanol–water partition coefficient (Wildman–Crippen LogP) is 19.3. The predicted molar refractivity (Wildman–Crippen MR) is 387 cm³/mol. The molecule has 0 unspecified atom stereocenters. The molecule has 0 N–H and O–H groups in total. The number of rotatable bonds is 6. The van der Waals surface area contributed by atoms with Gasteiger partial charge in [-0.05, 0) is 155 Å². The summed E-state index contributed by atoms with van der Waals surface area (Å²) in [4.78, 5) is 7.87. The van der Waals surface area contributed by atoms with E-state index < -0.39 is 0 Å². The number of hydrogen-bond acceptors (Lipinski definition) is 5. The molecule has 17 rings (SSSR count). The molecule has 0 fully saturated rings. The largest absolute Gasteiger partial charge is 0.458 e. The topological polar surface area (TPSA) is 28.9 Å². The van der Waals surface area contributed by atoms with Crippen molar-refractivity contribution in [3.8, 4) is 56.0 Å². The van der Waals surface area contributed by atoms with Gasteiger partial charge in [-0.15, -0.1) is 0 Å². The molecule has 5 heterocycles. The second-order valence-corrected chi connectivity index (χ2v) is 29.4. The number of fused-ring (bicyclic) bond motifs is 13. The lowest BCUT2D eigenvalue weighted by Gasteiger charge is -2.48. The zero-order valence-corrected chi connectivity index (χ0v) is 53.8. The van der Waals surface area contributed by atoms with E-state index in [1.54, 1.807) is 0 Å². The summed E-state index contributed by atoms with van der Waals surface area (Å²) < 4.78 is 15.1. The molecule has 4 aliphatic rings. The molecule has 438 valence electrons. The lowest BCUT2D eigenvalue weighted by atomic mass is 9.31. The summed E-state index contributed by atoms with van der Waals surface area (Å²) in [5, 5.41) is 2.19. The van der Waals surface area contributed by atoms with Crippen LogP contribution in [0, 0.1) is 0 Å². The monoisotopic (exact) mass is 1190 g/mol. The van der Waals surface area contributed by atoms with Crippen LogP contribution >= 0.6 is 11.8 Å². The number of ether oxygens (including phenoxy) is 1. The third-order valence-corrected chi connectivity index (χ3v) is 20.8. The van der Waals surface area contributed by atoms with Gasteiger partial charge in [0.2, 0.25) is 0 Å². The third kappa shape index (κ3) is 8.67. The van der Waals surface area contributed by atoms with Crippen LogP contribution in [0.3, 0.4) is 0 Å². The van der Waals surface area contributed by atoms with Crippen LogP contribution in [0.4, 0.5) is 34.1 Å². The van der Waals surface area contributed by atoms with E-state index in [1.807, 2.05) is 11.8 Å². The van der Waals surface area contributed by atoms with E-state index in [-0.39, 0.29) is 29.7 Å². The average Bonchev–Trinajstić information content (AvgIpc) is 1.40. The van der Waals surface area contributed by atoms with Crippen LogP contribution in [-0.4, -0.2) is 13.4 Å². The SMILES string of the molecule is CC(C)(C)c1cc(-c2ccccc2)c(N2c3cc(C(C)(C)C)cc4c3B(c3cc5c6c(c3N4c3c(-c4ccccc4)cc(C(C)(C)C)cc3-c3ccccc3)Sc3ccccc3B6c3ccccc3O5)c3c2ccc2c3oc3ccccc32)c(-c2ccccc2)c1. The van der Waals surface area contributed by atoms with Crippen LogP contribution in [0.25, 0.3) is 66.4 Å². The van der Waals surface area contributed by atoms with Crippen molar-refractivity contribution < 1.29 is 9.15 Å². The minimum Gasteiger partial charge on any atom is -0.458 e. The molecule has 0 amide bonds. The quantitative estimate of drug-likeness (QED) is 0.155. The molecule has 13 aromatic rings. The van der Waals surface area contributed by atoms with Gasteiger partial charge in [-0.3, -0.25) is 0 Å². The van der Waals surface area contributed by atoms with Crippen LogP contribution in [-0.2, 0) is 16.2 Å². The number of hydrogen-bond donors (Lipinski definition) is 0. The highest BCUT2D eigenvalue weighted by Crippen LogP contribution is 2.57. The summed E-state index contributed by atoms with van der Waals surface area (Å²) in [5.74, 6) is 1.78. The van der Waals surface area contributed by atoms with Gasteiger partial charge in [-0.2, -0.15) is 0 Å². The molecule has 4 nitrogen and oxygen atoms in total. The summed E-state index contributed by atoms with van der Waals surface area (Å²) in [6.07, 6.45) is 0. The first-order chi connectivity index (χ1) is 44.1. The van der Waals surface area contributed by atoms with Crippen molar-refractivity contribution in [2.45, 2.75) is 88.3 Å². The van der Waals surface area contributed by atoms with Crippen molar-refractivity contribution >= 4 is 114 Å². The molecule has 91 heavy (non-hydrogen) atoms. The number of benzene rings is 12. The summed E-state index contributed by atoms with van der Waals surface area (Å²) in [6, 6.07) is 93.3. The Morgan fingerprint density at radius 1 is 0.341 bits per heavy atom. The van der Waals surface area contributed by atoms with Crippen LogP contribution < -0.4 is 47.3 Å². The Labute approximate surface area is 539 Å². The van der Waals surface area contributed by atoms with Crippen molar-refractivity contribution in [3.63, 3.8) is 0 Å². The van der Waals surface area contributed by atoms with Crippen molar-refractivity contribution in [1.82, 2.24) is 0 Å². The smallest absolute Gasteiger partial charge is 0.257 e. The first-order valence-electron chi connectivity index (χ1n) is 32.1. The molecule has 12 aromatic carbocycles. The molecule has 0 aliphatic carbocycles. The van der Waals surface area contributed by atoms with E-state index in [0.29, 0.717) is 0 Å². The van der Waals surface area contributed by atoms with E-state index in [9.17, 15) is 0 Å². The van der Waals surface area contributed by atoms with Crippen molar-refractivity contribution in [1.29, 1.82) is 0 Å². The fourth-order valence-corrected chi connectivity index (χ4v) is 16.3. The van der Waals surface area contributed by atoms with Crippen molar-refractivity contribution in [2.24, 2.45) is 0 Å². The first-order valence-corrected chi connectivity index (χ1v) is 32.9. The second kappa shape index (κ2) is 20.4. The van der Waals surface area contributed by atoms with E-state index >= 15 is 0 Å². The van der Waals surface area contributed by atoms with E-state index in [0.717, 1.165) is 112 Å². The Kier molecular flexibility index (Phi) is 12.4. The van der Waals surface area contributed by atoms with E-state index in [4.69, 9.17) is 9.15 Å². The molecule has 7 heteroatoms. The Bertz CT molecular complexity index is 5000. The Balaban J connectivity index is 1.11. The normalized spacial score (nSPS) is 13.7. The standard InChI is InChI=1S/C84H68B2N2O2S/c1-82(2,3)55-44-60(51-28-14-10-15-29-51)77(61(45-55)52-30-16-11-17-31-52)87-67-43-42-59-58-36-22-25-39-70(58)90-80(59)75(67)86-66-50-72-76-81(91-73-41-27-24-38-65(73)85(76)64-37-23-26-40-71(64)89-72)79(66)88(69-49-57(84(7,8)9)48-68(87)74(69)86)78-62(53-32-18-12-19-33-53)46-56(83(4,5)6)47-63(78)54-34-20-13-21-35-54/h10-50H,1-9H3. The number of anilines is 6. The van der Waals surface area contributed by atoms with Crippen LogP contribution in [0.1, 0.15) is 79.0 Å². The lowest BCUT2D eigenvalue weighted by molar-refractivity contribution is 0.487. The molecule has 4 aliphatic heterocycles. The van der Waals surface area contributed by atoms with Gasteiger partial charge in [0.1, 0.15) is 22.7 Å². The van der Waals surface area contributed by atoms with Crippen molar-refractivity contribution in [2.75, 3.05) is 9.80 Å². The van der Waals surface area contributed by atoms with Crippen LogP contribution in [0.2, 0.25) is 0 Å². The maximum Gasteiger partial charge on any atom is 0.257 e. The zero-order valence-electron chi connectivity index (χ0n) is 52.9. The molecule has 0 bridgehead atoms. The molecule has 0 atom stereocenters. The summed E-state index contributed by atoms with van der Waals surface area (Å²) >= 11 is 1.90. The molecule has 0 saturated carbocycles. The van der Waals surface area contributed by atoms with Gasteiger partial charge < -0.3 is 19.0 Å². The third-order valence-electron chi connectivity index (χ3n) is 19.6. The number of para-hydroxylation sites is 2. The molecular weight excluding hydrogens is 1120 g/mol. The number of furan rings is 1. The maximum absolute atomic E-state index is 7.56. The summed E-state index contributed by atoms with van der Waals surface area (Å²) in [7, 11) is 0. The van der Waals surface area contributed by atoms with Gasteiger partial charge in [-0.1, -0.05) is 255 Å². The highest BCUT2D eigenvalue weighted by Gasteiger charge is 2.51. The maximum atomic E-state index is 7.56. The van der Waals surface area contributed by atoms with Crippen LogP contribution in [0.5, 0.6) is 11.5 Å². The fourth-order valence-electron chi connectivity index (χ4n) is 15.0. The molecule has 0 radical (unpaired) electrons. The van der Waals surface area contributed by atoms with E-state index in [2.05, 4.69) is 321 Å². The molecule has 1 aromatic heterocycles. The summed E-state index contributed by atoms with van der Waals surface area (Å²) in [5.41, 5.74) is 28.0. The van der Waals surface area contributed by atoms with Gasteiger partial charge in [0, 0.05) is 59.9 Å². The molecular formula is C84H68B2N2O2S. The highest BCUT2D eigenvalue weighted by atomic mass is 32.2. The second-order valence-electron chi connectivity index (χ2n) is 28.3. The van der Waals surface area contributed by atoms with Gasteiger partial charge in [0.25, 0.3) is 13.4 Å². The average molecular weight is 1190 g/mol. The van der Waals surface area contributed by atoms with Gasteiger partial charge >= 0.3 is 0 Å². The highest BCUT2D eigenvalue weighted by molar-refractivity contribution is 8.00. The van der Waals surface area contributed by atoms with Gasteiger partial charge in [0.15, 0.2) is 0 Å². The molecule has 0 spiro atoms. The Morgan fingerprint density at radius 2 is 0.802 bits per heavy atom.